The molecule has 1 amide bonds. The molecule has 1 N–H and O–H groups in total. The van der Waals surface area contributed by atoms with Crippen LogP contribution in [0.4, 0.5) is 4.39 Å². The molecule has 0 radical (unpaired) electrons. The Kier molecular flexibility index (Phi) is 13.7. The van der Waals surface area contributed by atoms with Crippen molar-refractivity contribution in [3.8, 4) is 0 Å². The summed E-state index contributed by atoms with van der Waals surface area (Å²) in [6.45, 7) is 13.9. The molecule has 4 rings (SSSR count). The van der Waals surface area contributed by atoms with E-state index in [1.165, 1.54) is 19.2 Å². The van der Waals surface area contributed by atoms with Crippen LogP contribution in [0.1, 0.15) is 67.8 Å². The molecule has 1 aliphatic heterocycles. The van der Waals surface area contributed by atoms with Crippen LogP contribution in [0.25, 0.3) is 6.08 Å². The highest BCUT2D eigenvalue weighted by Crippen LogP contribution is 2.22. The lowest BCUT2D eigenvalue weighted by Crippen LogP contribution is -2.46. The molecule has 1 aliphatic rings. The fourth-order valence-corrected chi connectivity index (χ4v) is 4.92. The Hall–Kier alpha value is -4.34. The van der Waals surface area contributed by atoms with Crippen molar-refractivity contribution in [1.29, 1.82) is 0 Å². The van der Waals surface area contributed by atoms with Crippen LogP contribution in [0.2, 0.25) is 0 Å². The van der Waals surface area contributed by atoms with Gasteiger partial charge in [0.15, 0.2) is 0 Å². The van der Waals surface area contributed by atoms with Crippen molar-refractivity contribution in [2.45, 2.75) is 52.8 Å². The van der Waals surface area contributed by atoms with Crippen LogP contribution in [-0.2, 0) is 25.6 Å². The maximum atomic E-state index is 13.3. The molecule has 8 nitrogen and oxygen atoms in total. The second kappa shape index (κ2) is 17.4. The summed E-state index contributed by atoms with van der Waals surface area (Å²) in [5, 5.41) is 2.90. The first kappa shape index (κ1) is 36.1. The summed E-state index contributed by atoms with van der Waals surface area (Å²) >= 11 is 0. The zero-order valence-corrected chi connectivity index (χ0v) is 27.7. The molecule has 1 unspecified atom stereocenters. The predicted octanol–water partition coefficient (Wildman–Crippen LogP) is 6.04. The van der Waals surface area contributed by atoms with Crippen molar-refractivity contribution in [1.82, 2.24) is 15.1 Å². The number of halogens is 1. The van der Waals surface area contributed by atoms with Gasteiger partial charge < -0.3 is 14.8 Å². The summed E-state index contributed by atoms with van der Waals surface area (Å²) in [4.78, 5) is 43.0. The molecule has 0 spiro atoms. The number of hydrogen-bond acceptors (Lipinski definition) is 7. The number of nitrogens with zero attached hydrogens (tertiary/aromatic N) is 2. The highest BCUT2D eigenvalue weighted by atomic mass is 19.1. The lowest BCUT2D eigenvalue weighted by atomic mass is 10.0. The van der Waals surface area contributed by atoms with E-state index in [1.54, 1.807) is 54.6 Å². The number of piperazine rings is 1. The number of esters is 2. The van der Waals surface area contributed by atoms with Crippen molar-refractivity contribution in [3.05, 3.63) is 113 Å². The van der Waals surface area contributed by atoms with Gasteiger partial charge in [0.25, 0.3) is 5.91 Å². The van der Waals surface area contributed by atoms with Gasteiger partial charge in [-0.25, -0.2) is 14.0 Å². The average molecular weight is 632 g/mol. The highest BCUT2D eigenvalue weighted by Gasteiger charge is 2.28. The fourth-order valence-electron chi connectivity index (χ4n) is 4.92. The molecular formula is C37H46FN3O5. The van der Waals surface area contributed by atoms with Crippen LogP contribution in [0.5, 0.6) is 0 Å². The number of hydrogen-bond donors (Lipinski definition) is 1. The van der Waals surface area contributed by atoms with E-state index in [9.17, 15) is 18.8 Å². The van der Waals surface area contributed by atoms with E-state index in [0.29, 0.717) is 29.8 Å². The maximum absolute atomic E-state index is 13.3. The molecule has 1 atom stereocenters. The van der Waals surface area contributed by atoms with Gasteiger partial charge >= 0.3 is 11.9 Å². The van der Waals surface area contributed by atoms with Crippen LogP contribution >= 0.6 is 0 Å². The van der Waals surface area contributed by atoms with Gasteiger partial charge in [0.1, 0.15) is 5.82 Å². The minimum absolute atomic E-state index is 0.329. The summed E-state index contributed by atoms with van der Waals surface area (Å²) in [6.07, 6.45) is 0.674. The number of rotatable bonds is 10. The number of nitrogens with one attached hydrogen (secondary N) is 1. The van der Waals surface area contributed by atoms with E-state index in [0.717, 1.165) is 37.3 Å². The SMILES string of the molecule is CC.COC(=O)/C(=C\c1ccc(F)cc1)CN1CCN(Cc2ccc(C(=O)OC(C(=O)NC(C)(C)C)c3ccccc3)cc2)CC1. The van der Waals surface area contributed by atoms with Crippen LogP contribution < -0.4 is 5.32 Å². The topological polar surface area (TPSA) is 88.2 Å². The molecule has 0 aliphatic carbocycles. The summed E-state index contributed by atoms with van der Waals surface area (Å²) in [7, 11) is 1.36. The van der Waals surface area contributed by atoms with Crippen molar-refractivity contribution < 1.29 is 28.2 Å². The number of ether oxygens (including phenoxy) is 2. The summed E-state index contributed by atoms with van der Waals surface area (Å²) < 4.78 is 24.0. The maximum Gasteiger partial charge on any atom is 0.339 e. The third kappa shape index (κ3) is 11.2. The lowest BCUT2D eigenvalue weighted by molar-refractivity contribution is -0.136. The number of carbonyl (C=O) groups is 3. The molecule has 1 heterocycles. The van der Waals surface area contributed by atoms with Crippen molar-refractivity contribution in [3.63, 3.8) is 0 Å². The van der Waals surface area contributed by atoms with Crippen LogP contribution in [-0.4, -0.2) is 73.0 Å². The average Bonchev–Trinajstić information content (AvgIpc) is 3.05. The Balaban J connectivity index is 0.00000282. The molecule has 0 aromatic heterocycles. The molecule has 0 saturated carbocycles. The minimum atomic E-state index is -1.07. The fraction of sp³-hybridized carbons (Fsp3) is 0.378. The molecule has 1 saturated heterocycles. The first-order valence-electron chi connectivity index (χ1n) is 15.7. The van der Waals surface area contributed by atoms with E-state index in [1.807, 2.05) is 52.8 Å². The van der Waals surface area contributed by atoms with Gasteiger partial charge in [-0.05, 0) is 62.2 Å². The van der Waals surface area contributed by atoms with Gasteiger partial charge in [-0.3, -0.25) is 14.6 Å². The van der Waals surface area contributed by atoms with E-state index < -0.39 is 23.6 Å². The lowest BCUT2D eigenvalue weighted by Gasteiger charge is -2.35. The largest absolute Gasteiger partial charge is 0.466 e. The van der Waals surface area contributed by atoms with Gasteiger partial charge in [0.05, 0.1) is 18.2 Å². The van der Waals surface area contributed by atoms with Crippen molar-refractivity contribution in [2.75, 3.05) is 39.8 Å². The summed E-state index contributed by atoms with van der Waals surface area (Å²) in [5.74, 6) is -1.68. The number of benzene rings is 3. The minimum Gasteiger partial charge on any atom is -0.466 e. The summed E-state index contributed by atoms with van der Waals surface area (Å²) in [5.41, 5.74) is 2.79. The van der Waals surface area contributed by atoms with E-state index in [4.69, 9.17) is 9.47 Å². The Morgan fingerprint density at radius 1 is 0.870 bits per heavy atom. The molecule has 0 bridgehead atoms. The standard InChI is InChI=1S/C35H40FN3O5.C2H6/c1-35(2,3)37-32(40)31(27-8-6-5-7-9-27)44-34(42)28-14-10-26(11-15-28)23-38-18-20-39(21-19-38)24-29(33(41)43-4)22-25-12-16-30(36)17-13-25;1-2/h5-17,22,31H,18-21,23-24H2,1-4H3,(H,37,40);1-2H3/b29-22-;. The molecule has 46 heavy (non-hydrogen) atoms. The normalized spacial score (nSPS) is 14.8. The molecule has 3 aromatic rings. The first-order chi connectivity index (χ1) is 22.0. The van der Waals surface area contributed by atoms with Crippen molar-refractivity contribution in [2.24, 2.45) is 0 Å². The van der Waals surface area contributed by atoms with E-state index >= 15 is 0 Å². The second-order valence-electron chi connectivity index (χ2n) is 11.9. The Bertz CT molecular complexity index is 1440. The first-order valence-corrected chi connectivity index (χ1v) is 15.7. The van der Waals surface area contributed by atoms with Crippen LogP contribution in [0.3, 0.4) is 0 Å². The van der Waals surface area contributed by atoms with E-state index in [-0.39, 0.29) is 11.7 Å². The number of carbonyl (C=O) groups excluding carboxylic acids is 3. The highest BCUT2D eigenvalue weighted by molar-refractivity contribution is 5.94. The van der Waals surface area contributed by atoms with Crippen molar-refractivity contribution >= 4 is 23.9 Å². The van der Waals surface area contributed by atoms with Crippen LogP contribution in [0.15, 0.2) is 84.4 Å². The van der Waals surface area contributed by atoms with Gasteiger partial charge in [-0.1, -0.05) is 68.4 Å². The quantitative estimate of drug-likeness (QED) is 0.216. The zero-order chi connectivity index (χ0) is 33.7. The molecule has 9 heteroatoms. The van der Waals surface area contributed by atoms with Gasteiger partial charge in [0.2, 0.25) is 6.10 Å². The third-order valence-electron chi connectivity index (χ3n) is 7.18. The number of amides is 1. The Morgan fingerprint density at radius 2 is 1.46 bits per heavy atom. The predicted molar refractivity (Wildman–Crippen MR) is 178 cm³/mol. The third-order valence-corrected chi connectivity index (χ3v) is 7.18. The molecule has 1 fully saturated rings. The number of methoxy groups -OCH3 is 1. The molecular weight excluding hydrogens is 585 g/mol. The van der Waals surface area contributed by atoms with Gasteiger partial charge in [-0.2, -0.15) is 0 Å². The Labute approximate surface area is 272 Å². The van der Waals surface area contributed by atoms with E-state index in [2.05, 4.69) is 15.1 Å². The smallest absolute Gasteiger partial charge is 0.339 e. The monoisotopic (exact) mass is 631 g/mol. The molecule has 246 valence electrons. The zero-order valence-electron chi connectivity index (χ0n) is 27.7. The van der Waals surface area contributed by atoms with Gasteiger partial charge in [0, 0.05) is 50.4 Å². The molecule has 3 aromatic carbocycles. The van der Waals surface area contributed by atoms with Gasteiger partial charge in [-0.15, -0.1) is 0 Å². The summed E-state index contributed by atoms with van der Waals surface area (Å²) in [6, 6.07) is 22.2. The Morgan fingerprint density at radius 3 is 2.02 bits per heavy atom. The second-order valence-corrected chi connectivity index (χ2v) is 11.9. The van der Waals surface area contributed by atoms with Crippen LogP contribution in [0, 0.1) is 5.82 Å².